The number of nitrogens with zero attached hydrogens (tertiary/aromatic N) is 1. The highest BCUT2D eigenvalue weighted by molar-refractivity contribution is 5.96. The third-order valence-corrected chi connectivity index (χ3v) is 3.10. The molecular weight excluding hydrogens is 222 g/mol. The summed E-state index contributed by atoms with van der Waals surface area (Å²) in [5.41, 5.74) is 2.56. The predicted octanol–water partition coefficient (Wildman–Crippen LogP) is 1.22. The van der Waals surface area contributed by atoms with E-state index in [1.165, 1.54) is 14.2 Å². The lowest BCUT2D eigenvalue weighted by molar-refractivity contribution is -0.137. The molecule has 0 aliphatic carbocycles. The van der Waals surface area contributed by atoms with Crippen LogP contribution in [0.2, 0.25) is 0 Å². The van der Waals surface area contributed by atoms with Crippen molar-refractivity contribution in [1.29, 1.82) is 0 Å². The first kappa shape index (κ1) is 13.3. The molecular formula is C12H17NO4. The molecule has 0 aromatic heterocycles. The third-order valence-electron chi connectivity index (χ3n) is 3.10. The van der Waals surface area contributed by atoms with Gasteiger partial charge in [0.15, 0.2) is 0 Å². The van der Waals surface area contributed by atoms with Crippen LogP contribution in [0.4, 0.5) is 0 Å². The molecule has 0 aromatic rings. The van der Waals surface area contributed by atoms with Gasteiger partial charge in [0.25, 0.3) is 0 Å². The Morgan fingerprint density at radius 1 is 1.00 bits per heavy atom. The summed E-state index contributed by atoms with van der Waals surface area (Å²) >= 11 is 0. The summed E-state index contributed by atoms with van der Waals surface area (Å²) in [6.07, 6.45) is 0.251. The molecule has 0 amide bonds. The Hall–Kier alpha value is -1.78. The van der Waals surface area contributed by atoms with Gasteiger partial charge in [0, 0.05) is 24.9 Å². The summed E-state index contributed by atoms with van der Waals surface area (Å²) in [5, 5.41) is 0. The van der Waals surface area contributed by atoms with Crippen molar-refractivity contribution in [3.63, 3.8) is 0 Å². The van der Waals surface area contributed by atoms with E-state index in [2.05, 4.69) is 0 Å². The molecule has 0 fully saturated rings. The first-order valence-electron chi connectivity index (χ1n) is 5.23. The number of carbonyl (C=O) groups excluding carboxylic acids is 2. The van der Waals surface area contributed by atoms with Crippen LogP contribution < -0.4 is 0 Å². The summed E-state index contributed by atoms with van der Waals surface area (Å²) in [7, 11) is 4.45. The highest BCUT2D eigenvalue weighted by Gasteiger charge is 2.28. The number of methoxy groups -OCH3 is 2. The fourth-order valence-corrected chi connectivity index (χ4v) is 1.78. The van der Waals surface area contributed by atoms with Gasteiger partial charge in [-0.15, -0.1) is 0 Å². The zero-order valence-electron chi connectivity index (χ0n) is 10.8. The lowest BCUT2D eigenvalue weighted by Gasteiger charge is -2.29. The third kappa shape index (κ3) is 2.33. The molecule has 17 heavy (non-hydrogen) atoms. The zero-order chi connectivity index (χ0) is 13.2. The second-order valence-corrected chi connectivity index (χ2v) is 3.85. The molecule has 1 aliphatic rings. The fourth-order valence-electron chi connectivity index (χ4n) is 1.78. The topological polar surface area (TPSA) is 55.8 Å². The zero-order valence-corrected chi connectivity index (χ0v) is 10.8. The Labute approximate surface area is 101 Å². The van der Waals surface area contributed by atoms with E-state index in [0.29, 0.717) is 11.1 Å². The van der Waals surface area contributed by atoms with Gasteiger partial charge in [-0.3, -0.25) is 0 Å². The monoisotopic (exact) mass is 239 g/mol. The number of hydrogen-bond acceptors (Lipinski definition) is 5. The maximum absolute atomic E-state index is 11.6. The normalized spacial score (nSPS) is 16.2. The average Bonchev–Trinajstić information content (AvgIpc) is 2.34. The van der Waals surface area contributed by atoms with Gasteiger partial charge < -0.3 is 14.4 Å². The van der Waals surface area contributed by atoms with Gasteiger partial charge in [-0.25, -0.2) is 9.59 Å². The van der Waals surface area contributed by atoms with Crippen molar-refractivity contribution in [3.05, 3.63) is 22.5 Å². The Kier molecular flexibility index (Phi) is 3.93. The van der Waals surface area contributed by atoms with Gasteiger partial charge in [-0.2, -0.15) is 0 Å². The molecule has 0 unspecified atom stereocenters. The van der Waals surface area contributed by atoms with Crippen LogP contribution in [0.1, 0.15) is 20.3 Å². The van der Waals surface area contributed by atoms with Crippen LogP contribution in [-0.4, -0.2) is 38.1 Å². The van der Waals surface area contributed by atoms with Crippen LogP contribution in [0.3, 0.4) is 0 Å². The maximum Gasteiger partial charge on any atom is 0.335 e. The molecule has 5 heteroatoms. The van der Waals surface area contributed by atoms with Crippen molar-refractivity contribution in [3.8, 4) is 0 Å². The largest absolute Gasteiger partial charge is 0.466 e. The Bertz CT molecular complexity index is 382. The van der Waals surface area contributed by atoms with Crippen molar-refractivity contribution in [2.45, 2.75) is 20.3 Å². The molecule has 0 aromatic carbocycles. The minimum atomic E-state index is -0.414. The SMILES string of the molecule is COC(=O)C1=C(C)N(C)C(C)=C(C(=O)OC)C1. The molecule has 0 spiro atoms. The molecule has 0 bridgehead atoms. The smallest absolute Gasteiger partial charge is 0.335 e. The molecule has 0 atom stereocenters. The van der Waals surface area contributed by atoms with Crippen LogP contribution in [0, 0.1) is 0 Å². The van der Waals surface area contributed by atoms with Gasteiger partial charge in [-0.1, -0.05) is 0 Å². The molecule has 0 radical (unpaired) electrons. The van der Waals surface area contributed by atoms with Gasteiger partial charge in [0.05, 0.1) is 25.4 Å². The summed E-state index contributed by atoms with van der Waals surface area (Å²) in [6.45, 7) is 3.65. The van der Waals surface area contributed by atoms with E-state index < -0.39 is 11.9 Å². The summed E-state index contributed by atoms with van der Waals surface area (Å²) in [4.78, 5) is 25.0. The van der Waals surface area contributed by atoms with Crippen molar-refractivity contribution < 1.29 is 19.1 Å². The predicted molar refractivity (Wildman–Crippen MR) is 61.8 cm³/mol. The molecule has 5 nitrogen and oxygen atoms in total. The minimum Gasteiger partial charge on any atom is -0.466 e. The number of rotatable bonds is 2. The van der Waals surface area contributed by atoms with E-state index in [9.17, 15) is 9.59 Å². The second-order valence-electron chi connectivity index (χ2n) is 3.85. The van der Waals surface area contributed by atoms with Crippen LogP contribution in [0.25, 0.3) is 0 Å². The molecule has 1 aliphatic heterocycles. The summed E-state index contributed by atoms with van der Waals surface area (Å²) in [6, 6.07) is 0. The van der Waals surface area contributed by atoms with Crippen LogP contribution in [-0.2, 0) is 19.1 Å². The summed E-state index contributed by atoms with van der Waals surface area (Å²) in [5.74, 6) is -0.827. The van der Waals surface area contributed by atoms with E-state index in [1.54, 1.807) is 11.9 Å². The molecule has 0 saturated carbocycles. The fraction of sp³-hybridized carbons (Fsp3) is 0.500. The first-order valence-corrected chi connectivity index (χ1v) is 5.23. The second kappa shape index (κ2) is 5.03. The number of carbonyl (C=O) groups is 2. The van der Waals surface area contributed by atoms with Gasteiger partial charge >= 0.3 is 11.9 Å². The number of allylic oxidation sites excluding steroid dienone is 2. The van der Waals surface area contributed by atoms with Crippen molar-refractivity contribution in [2.75, 3.05) is 21.3 Å². The van der Waals surface area contributed by atoms with Crippen LogP contribution in [0.15, 0.2) is 22.5 Å². The van der Waals surface area contributed by atoms with Gasteiger partial charge in [-0.05, 0) is 13.8 Å². The van der Waals surface area contributed by atoms with Crippen LogP contribution in [0.5, 0.6) is 0 Å². The lowest BCUT2D eigenvalue weighted by Crippen LogP contribution is -2.27. The van der Waals surface area contributed by atoms with Crippen LogP contribution >= 0.6 is 0 Å². The van der Waals surface area contributed by atoms with Gasteiger partial charge in [0.1, 0.15) is 0 Å². The first-order chi connectivity index (χ1) is 7.93. The molecule has 0 N–H and O–H groups in total. The molecule has 94 valence electrons. The lowest BCUT2D eigenvalue weighted by atomic mass is 9.97. The summed E-state index contributed by atoms with van der Waals surface area (Å²) < 4.78 is 9.41. The van der Waals surface area contributed by atoms with E-state index in [1.807, 2.05) is 13.8 Å². The number of ether oxygens (including phenoxy) is 2. The molecule has 0 saturated heterocycles. The Morgan fingerprint density at radius 3 is 1.65 bits per heavy atom. The van der Waals surface area contributed by atoms with E-state index >= 15 is 0 Å². The Morgan fingerprint density at radius 2 is 1.35 bits per heavy atom. The maximum atomic E-state index is 11.6. The molecule has 1 rings (SSSR count). The standard InChI is InChI=1S/C12H17NO4/c1-7-9(11(14)16-4)6-10(12(15)17-5)8(2)13(7)3/h6H2,1-5H3. The number of esters is 2. The van der Waals surface area contributed by atoms with Crippen molar-refractivity contribution in [2.24, 2.45) is 0 Å². The quantitative estimate of drug-likeness (QED) is 0.678. The van der Waals surface area contributed by atoms with E-state index in [4.69, 9.17) is 9.47 Å². The van der Waals surface area contributed by atoms with E-state index in [0.717, 1.165) is 11.4 Å². The number of hydrogen-bond donors (Lipinski definition) is 0. The highest BCUT2D eigenvalue weighted by atomic mass is 16.5. The van der Waals surface area contributed by atoms with Gasteiger partial charge in [0.2, 0.25) is 0 Å². The minimum absolute atomic E-state index is 0.251. The van der Waals surface area contributed by atoms with Crippen molar-refractivity contribution in [1.82, 2.24) is 4.90 Å². The highest BCUT2D eigenvalue weighted by Crippen LogP contribution is 2.30. The molecule has 1 heterocycles. The Balaban J connectivity index is 3.15. The van der Waals surface area contributed by atoms with E-state index in [-0.39, 0.29) is 6.42 Å². The average molecular weight is 239 g/mol. The van der Waals surface area contributed by atoms with Crippen molar-refractivity contribution >= 4 is 11.9 Å².